The van der Waals surface area contributed by atoms with Crippen LogP contribution < -0.4 is 5.73 Å². The van der Waals surface area contributed by atoms with Crippen LogP contribution in [0.3, 0.4) is 0 Å². The Bertz CT molecular complexity index is 244. The van der Waals surface area contributed by atoms with Crippen LogP contribution in [0.15, 0.2) is 0 Å². The second kappa shape index (κ2) is 5.71. The molecule has 0 aromatic carbocycles. The molecule has 0 aliphatic carbocycles. The Morgan fingerprint density at radius 1 is 1.00 bits per heavy atom. The van der Waals surface area contributed by atoms with Crippen molar-refractivity contribution in [3.05, 3.63) is 0 Å². The first kappa shape index (κ1) is 16.9. The third kappa shape index (κ3) is 4.66. The number of aliphatic hydroxyl groups excluding tert-OH is 2. The van der Waals surface area contributed by atoms with Crippen LogP contribution in [0, 0.1) is 0 Å². The molecule has 96 valence electrons. The van der Waals surface area contributed by atoms with Crippen LogP contribution in [0.5, 0.6) is 0 Å². The van der Waals surface area contributed by atoms with Crippen molar-refractivity contribution >= 4 is 75.6 Å². The van der Waals surface area contributed by atoms with Gasteiger partial charge >= 0.3 is 6.03 Å². The maximum Gasteiger partial charge on any atom is 0.319 e. The van der Waals surface area contributed by atoms with Gasteiger partial charge in [-0.2, -0.15) is 0 Å². The van der Waals surface area contributed by atoms with Crippen molar-refractivity contribution in [3.8, 4) is 0 Å². The number of primary amides is 1. The fourth-order valence-electron chi connectivity index (χ4n) is 0.690. The van der Waals surface area contributed by atoms with Crippen LogP contribution >= 0.6 is 69.6 Å². The molecule has 2 unspecified atom stereocenters. The number of rotatable bonds is 2. The molecule has 5 nitrogen and oxygen atoms in total. The average molecular weight is 355 g/mol. The summed E-state index contributed by atoms with van der Waals surface area (Å²) in [5, 5.41) is 18.9. The number of amides is 2. The summed E-state index contributed by atoms with van der Waals surface area (Å²) in [7, 11) is 0. The van der Waals surface area contributed by atoms with E-state index in [0.29, 0.717) is 0 Å². The first-order valence-electron chi connectivity index (χ1n) is 3.46. The Morgan fingerprint density at radius 2 is 1.25 bits per heavy atom. The molecule has 16 heavy (non-hydrogen) atoms. The lowest BCUT2D eigenvalue weighted by atomic mass is 10.4. The van der Waals surface area contributed by atoms with Crippen LogP contribution in [0.25, 0.3) is 0 Å². The van der Waals surface area contributed by atoms with Crippen LogP contribution in [-0.2, 0) is 0 Å². The minimum absolute atomic E-state index is 0.125. The van der Waals surface area contributed by atoms with Gasteiger partial charge in [0.25, 0.3) is 0 Å². The summed E-state index contributed by atoms with van der Waals surface area (Å²) < 4.78 is -4.65. The zero-order valence-corrected chi connectivity index (χ0v) is 11.8. The number of nitrogens with zero attached hydrogens (tertiary/aromatic N) is 1. The van der Waals surface area contributed by atoms with E-state index in [-0.39, 0.29) is 4.90 Å². The summed E-state index contributed by atoms with van der Waals surface area (Å²) in [6.45, 7) is 0. The molecule has 0 aromatic rings. The molecule has 0 aromatic heterocycles. The van der Waals surface area contributed by atoms with Gasteiger partial charge in [-0.15, -0.1) is 0 Å². The molecule has 0 aliphatic rings. The Kier molecular flexibility index (Phi) is 6.05. The van der Waals surface area contributed by atoms with Crippen molar-refractivity contribution in [2.75, 3.05) is 0 Å². The predicted octanol–water partition coefficient (Wildman–Crippen LogP) is 1.74. The summed E-state index contributed by atoms with van der Waals surface area (Å²) in [4.78, 5) is 11.1. The van der Waals surface area contributed by atoms with E-state index in [1.807, 2.05) is 0 Å². The topological polar surface area (TPSA) is 86.8 Å². The molecule has 0 rings (SSSR count). The average Bonchev–Trinajstić information content (AvgIpc) is 1.99. The summed E-state index contributed by atoms with van der Waals surface area (Å²) >= 11 is 31.8. The van der Waals surface area contributed by atoms with Gasteiger partial charge in [0.2, 0.25) is 7.59 Å². The van der Waals surface area contributed by atoms with Crippen LogP contribution in [0.4, 0.5) is 4.79 Å². The number of hydrogen-bond acceptors (Lipinski definition) is 3. The Hall–Kier alpha value is 0.930. The van der Waals surface area contributed by atoms with Gasteiger partial charge in [-0.25, -0.2) is 4.79 Å². The molecule has 4 N–H and O–H groups in total. The van der Waals surface area contributed by atoms with E-state index in [4.69, 9.17) is 75.3 Å². The number of nitrogens with two attached hydrogens (primary N) is 1. The van der Waals surface area contributed by atoms with Crippen LogP contribution in [0.1, 0.15) is 0 Å². The van der Waals surface area contributed by atoms with Crippen LogP contribution in [-0.4, -0.2) is 41.2 Å². The highest BCUT2D eigenvalue weighted by Crippen LogP contribution is 2.37. The Morgan fingerprint density at radius 3 is 1.38 bits per heavy atom. The third-order valence-electron chi connectivity index (χ3n) is 1.37. The van der Waals surface area contributed by atoms with Crippen molar-refractivity contribution < 1.29 is 15.0 Å². The molecular formula is C5H6Cl6N2O3. The number of alkyl halides is 6. The Balaban J connectivity index is 5.11. The van der Waals surface area contributed by atoms with E-state index in [1.165, 1.54) is 0 Å². The minimum Gasteiger partial charge on any atom is -0.369 e. The maximum absolute atomic E-state index is 11.0. The van der Waals surface area contributed by atoms with Gasteiger partial charge in [0.15, 0.2) is 12.5 Å². The number of carbonyl (C=O) groups excluding carboxylic acids is 1. The fraction of sp³-hybridized carbons (Fsp3) is 0.800. The largest absolute Gasteiger partial charge is 0.369 e. The van der Waals surface area contributed by atoms with Crippen molar-refractivity contribution in [1.82, 2.24) is 4.90 Å². The molecule has 0 aliphatic heterocycles. The highest BCUT2D eigenvalue weighted by atomic mass is 35.6. The van der Waals surface area contributed by atoms with E-state index in [9.17, 15) is 15.0 Å². The van der Waals surface area contributed by atoms with Gasteiger partial charge in [-0.05, 0) is 0 Å². The van der Waals surface area contributed by atoms with Crippen molar-refractivity contribution in [3.63, 3.8) is 0 Å². The lowest BCUT2D eigenvalue weighted by Crippen LogP contribution is -2.58. The molecule has 2 atom stereocenters. The predicted molar refractivity (Wildman–Crippen MR) is 64.0 cm³/mol. The molecule has 0 bridgehead atoms. The van der Waals surface area contributed by atoms with E-state index in [2.05, 4.69) is 0 Å². The highest BCUT2D eigenvalue weighted by molar-refractivity contribution is 6.68. The van der Waals surface area contributed by atoms with Gasteiger partial charge in [-0.3, -0.25) is 4.90 Å². The van der Waals surface area contributed by atoms with Gasteiger partial charge in [0, 0.05) is 0 Å². The molecule has 0 fully saturated rings. The van der Waals surface area contributed by atoms with Gasteiger partial charge in [0.1, 0.15) is 0 Å². The minimum atomic E-state index is -2.33. The second-order valence-electron chi connectivity index (χ2n) is 2.58. The van der Waals surface area contributed by atoms with Crippen molar-refractivity contribution in [1.29, 1.82) is 0 Å². The summed E-state index contributed by atoms with van der Waals surface area (Å²) in [6.07, 6.45) is -4.17. The van der Waals surface area contributed by atoms with Gasteiger partial charge in [-0.1, -0.05) is 69.6 Å². The molecule has 0 radical (unpaired) electrons. The first-order chi connectivity index (χ1) is 6.89. The van der Waals surface area contributed by atoms with E-state index in [1.54, 1.807) is 0 Å². The van der Waals surface area contributed by atoms with Crippen LogP contribution in [0.2, 0.25) is 0 Å². The zero-order chi connectivity index (χ0) is 13.3. The van der Waals surface area contributed by atoms with E-state index in [0.717, 1.165) is 0 Å². The third-order valence-corrected chi connectivity index (χ3v) is 2.54. The number of hydrogen-bond donors (Lipinski definition) is 3. The molecule has 2 amide bonds. The SMILES string of the molecule is NC(=O)N(C(O)C(Cl)(Cl)Cl)C(O)C(Cl)(Cl)Cl. The zero-order valence-electron chi connectivity index (χ0n) is 7.25. The molecule has 0 saturated heterocycles. The van der Waals surface area contributed by atoms with Crippen molar-refractivity contribution in [2.24, 2.45) is 5.73 Å². The standard InChI is InChI=1S/C5H6Cl6N2O3/c6-4(7,8)1(14)13(3(12)16)2(15)5(9,10)11/h1-2,14-15H,(H2,12,16). The highest BCUT2D eigenvalue weighted by Gasteiger charge is 2.46. The number of urea groups is 1. The van der Waals surface area contributed by atoms with Crippen molar-refractivity contribution in [2.45, 2.75) is 20.0 Å². The molecule has 0 heterocycles. The lowest BCUT2D eigenvalue weighted by molar-refractivity contribution is -0.0632. The number of halogens is 6. The smallest absolute Gasteiger partial charge is 0.319 e. The van der Waals surface area contributed by atoms with E-state index < -0.39 is 26.1 Å². The first-order valence-corrected chi connectivity index (χ1v) is 5.73. The maximum atomic E-state index is 11.0. The van der Waals surface area contributed by atoms with Gasteiger partial charge < -0.3 is 15.9 Å². The molecule has 11 heteroatoms. The molecule has 0 saturated carbocycles. The number of carbonyl (C=O) groups is 1. The van der Waals surface area contributed by atoms with Gasteiger partial charge in [0.05, 0.1) is 0 Å². The Labute approximate surface area is 121 Å². The summed E-state index contributed by atoms with van der Waals surface area (Å²) in [5.41, 5.74) is 4.85. The molecule has 0 spiro atoms. The number of aliphatic hydroxyl groups is 2. The van der Waals surface area contributed by atoms with E-state index >= 15 is 0 Å². The lowest BCUT2D eigenvalue weighted by Gasteiger charge is -2.36. The second-order valence-corrected chi connectivity index (χ2v) is 7.31. The summed E-state index contributed by atoms with van der Waals surface area (Å²) in [5.74, 6) is 0. The summed E-state index contributed by atoms with van der Waals surface area (Å²) in [6, 6.07) is -1.34. The normalized spacial score (nSPS) is 16.8. The monoisotopic (exact) mass is 352 g/mol. The fourth-order valence-corrected chi connectivity index (χ4v) is 1.32. The quantitative estimate of drug-likeness (QED) is 0.521. The molecular weight excluding hydrogens is 349 g/mol.